The van der Waals surface area contributed by atoms with E-state index < -0.39 is 6.10 Å². The summed E-state index contributed by atoms with van der Waals surface area (Å²) in [5, 5.41) is 18.3. The van der Waals surface area contributed by atoms with E-state index in [0.29, 0.717) is 6.42 Å². The molecule has 0 unspecified atom stereocenters. The van der Waals surface area contributed by atoms with Crippen LogP contribution >= 0.6 is 0 Å². The highest BCUT2D eigenvalue weighted by Gasteiger charge is 2.16. The first-order valence-corrected chi connectivity index (χ1v) is 8.99. The maximum absolute atomic E-state index is 11.0. The van der Waals surface area contributed by atoms with Crippen molar-refractivity contribution in [3.63, 3.8) is 0 Å². The summed E-state index contributed by atoms with van der Waals surface area (Å²) in [6.07, 6.45) is 16.8. The van der Waals surface area contributed by atoms with Crippen LogP contribution in [0, 0.1) is 12.3 Å². The summed E-state index contributed by atoms with van der Waals surface area (Å²) >= 11 is 0. The summed E-state index contributed by atoms with van der Waals surface area (Å²) in [6, 6.07) is 0. The molecule has 4 nitrogen and oxygen atoms in total. The van der Waals surface area contributed by atoms with E-state index in [2.05, 4.69) is 5.92 Å². The quantitative estimate of drug-likeness (QED) is 0.274. The molecule has 0 aromatic carbocycles. The van der Waals surface area contributed by atoms with Crippen LogP contribution in [-0.2, 0) is 9.53 Å². The maximum Gasteiger partial charge on any atom is 0.302 e. The maximum atomic E-state index is 11.0. The fourth-order valence-electron chi connectivity index (χ4n) is 2.67. The Balaban J connectivity index is 3.54. The van der Waals surface area contributed by atoms with Crippen LogP contribution in [0.4, 0.5) is 0 Å². The monoisotopic (exact) mass is 326 g/mol. The standard InChI is InChI=1S/C19H34O4/c1-3-4-5-6-7-8-9-10-11-12-13-14-19(23-17(2)21)15-18(22)16-20/h1,18-20,22H,4-16H2,2H3/t18-,19-/m1/s1. The molecule has 2 atom stereocenters. The summed E-state index contributed by atoms with van der Waals surface area (Å²) in [5.74, 6) is 2.34. The predicted molar refractivity (Wildman–Crippen MR) is 92.9 cm³/mol. The van der Waals surface area contributed by atoms with Gasteiger partial charge in [-0.3, -0.25) is 4.79 Å². The lowest BCUT2D eigenvalue weighted by Crippen LogP contribution is -2.25. The lowest BCUT2D eigenvalue weighted by Gasteiger charge is -2.19. The number of esters is 1. The minimum absolute atomic E-state index is 0.286. The van der Waals surface area contributed by atoms with E-state index in [-0.39, 0.29) is 18.7 Å². The Labute approximate surface area is 141 Å². The molecule has 0 heterocycles. The molecule has 0 rings (SSSR count). The first-order chi connectivity index (χ1) is 11.1. The van der Waals surface area contributed by atoms with Crippen LogP contribution in [0.1, 0.15) is 84.0 Å². The van der Waals surface area contributed by atoms with Gasteiger partial charge in [0.2, 0.25) is 0 Å². The second-order valence-corrected chi connectivity index (χ2v) is 6.23. The Hall–Kier alpha value is -1.05. The third-order valence-corrected chi connectivity index (χ3v) is 3.93. The molecule has 0 aliphatic heterocycles. The molecule has 0 spiro atoms. The number of carbonyl (C=O) groups excluding carboxylic acids is 1. The molecular weight excluding hydrogens is 292 g/mol. The van der Waals surface area contributed by atoms with Gasteiger partial charge in [0, 0.05) is 19.8 Å². The Bertz CT molecular complexity index is 322. The highest BCUT2D eigenvalue weighted by molar-refractivity contribution is 5.66. The molecule has 23 heavy (non-hydrogen) atoms. The van der Waals surface area contributed by atoms with Crippen LogP contribution in [0.3, 0.4) is 0 Å². The molecule has 2 N–H and O–H groups in total. The molecule has 0 saturated heterocycles. The number of terminal acetylenes is 1. The fraction of sp³-hybridized carbons (Fsp3) is 0.842. The van der Waals surface area contributed by atoms with Crippen LogP contribution < -0.4 is 0 Å². The molecule has 0 amide bonds. The summed E-state index contributed by atoms with van der Waals surface area (Å²) in [6.45, 7) is 1.08. The summed E-state index contributed by atoms with van der Waals surface area (Å²) in [5.41, 5.74) is 0. The van der Waals surface area contributed by atoms with Crippen LogP contribution in [0.5, 0.6) is 0 Å². The Kier molecular flexibility index (Phi) is 15.1. The second-order valence-electron chi connectivity index (χ2n) is 6.23. The van der Waals surface area contributed by atoms with Crippen molar-refractivity contribution in [2.24, 2.45) is 0 Å². The van der Waals surface area contributed by atoms with E-state index in [9.17, 15) is 9.90 Å². The SMILES string of the molecule is C#CCCCCCCCCCCC[C@H](C[C@@H](O)CO)OC(C)=O. The largest absolute Gasteiger partial charge is 0.462 e. The van der Waals surface area contributed by atoms with E-state index in [1.54, 1.807) is 0 Å². The van der Waals surface area contributed by atoms with Gasteiger partial charge in [0.1, 0.15) is 6.10 Å². The molecule has 0 bridgehead atoms. The van der Waals surface area contributed by atoms with Crippen LogP contribution in [0.15, 0.2) is 0 Å². The number of hydrogen-bond acceptors (Lipinski definition) is 4. The molecule has 0 aliphatic rings. The molecule has 0 aromatic rings. The van der Waals surface area contributed by atoms with E-state index >= 15 is 0 Å². The van der Waals surface area contributed by atoms with Crippen molar-refractivity contribution in [2.75, 3.05) is 6.61 Å². The van der Waals surface area contributed by atoms with Crippen molar-refractivity contribution in [3.8, 4) is 12.3 Å². The predicted octanol–water partition coefficient (Wildman–Crippen LogP) is 3.59. The van der Waals surface area contributed by atoms with Crippen molar-refractivity contribution in [2.45, 2.75) is 96.2 Å². The van der Waals surface area contributed by atoms with Gasteiger partial charge < -0.3 is 14.9 Å². The average Bonchev–Trinajstić information content (AvgIpc) is 2.51. The van der Waals surface area contributed by atoms with Crippen LogP contribution in [-0.4, -0.2) is 35.0 Å². The summed E-state index contributed by atoms with van der Waals surface area (Å²) in [7, 11) is 0. The molecule has 0 radical (unpaired) electrons. The van der Waals surface area contributed by atoms with E-state index in [4.69, 9.17) is 16.3 Å². The molecule has 134 valence electrons. The van der Waals surface area contributed by atoms with Gasteiger partial charge in [-0.1, -0.05) is 44.9 Å². The van der Waals surface area contributed by atoms with Crippen molar-refractivity contribution in [1.29, 1.82) is 0 Å². The topological polar surface area (TPSA) is 66.8 Å². The highest BCUT2D eigenvalue weighted by atomic mass is 16.5. The molecular formula is C19H34O4. The molecule has 0 aromatic heterocycles. The van der Waals surface area contributed by atoms with Gasteiger partial charge in [0.15, 0.2) is 0 Å². The Morgan fingerprint density at radius 1 is 1.04 bits per heavy atom. The zero-order valence-electron chi connectivity index (χ0n) is 14.6. The normalized spacial score (nSPS) is 13.3. The van der Waals surface area contributed by atoms with Gasteiger partial charge in [-0.15, -0.1) is 12.3 Å². The summed E-state index contributed by atoms with van der Waals surface area (Å²) in [4.78, 5) is 11.0. The smallest absolute Gasteiger partial charge is 0.302 e. The molecule has 0 aliphatic carbocycles. The number of aliphatic hydroxyl groups is 2. The summed E-state index contributed by atoms with van der Waals surface area (Å²) < 4.78 is 5.19. The first kappa shape index (κ1) is 21.9. The van der Waals surface area contributed by atoms with Crippen LogP contribution in [0.2, 0.25) is 0 Å². The van der Waals surface area contributed by atoms with Gasteiger partial charge in [-0.05, 0) is 19.3 Å². The number of aliphatic hydroxyl groups excluding tert-OH is 2. The van der Waals surface area contributed by atoms with Crippen molar-refractivity contribution >= 4 is 5.97 Å². The average molecular weight is 326 g/mol. The lowest BCUT2D eigenvalue weighted by molar-refractivity contribution is -0.148. The van der Waals surface area contributed by atoms with E-state index in [1.807, 2.05) is 0 Å². The van der Waals surface area contributed by atoms with Gasteiger partial charge >= 0.3 is 5.97 Å². The van der Waals surface area contributed by atoms with Gasteiger partial charge in [0.05, 0.1) is 12.7 Å². The number of rotatable bonds is 15. The van der Waals surface area contributed by atoms with E-state index in [0.717, 1.165) is 32.1 Å². The number of ether oxygens (including phenoxy) is 1. The number of carbonyl (C=O) groups is 1. The lowest BCUT2D eigenvalue weighted by atomic mass is 10.0. The number of hydrogen-bond donors (Lipinski definition) is 2. The van der Waals surface area contributed by atoms with Gasteiger partial charge in [0.25, 0.3) is 0 Å². The third-order valence-electron chi connectivity index (χ3n) is 3.93. The Morgan fingerprint density at radius 3 is 2.04 bits per heavy atom. The fourth-order valence-corrected chi connectivity index (χ4v) is 2.67. The van der Waals surface area contributed by atoms with Gasteiger partial charge in [-0.2, -0.15) is 0 Å². The van der Waals surface area contributed by atoms with Crippen molar-refractivity contribution in [1.82, 2.24) is 0 Å². The zero-order valence-corrected chi connectivity index (χ0v) is 14.6. The minimum atomic E-state index is -0.811. The Morgan fingerprint density at radius 2 is 1.57 bits per heavy atom. The molecule has 0 fully saturated rings. The van der Waals surface area contributed by atoms with Crippen molar-refractivity contribution < 1.29 is 19.7 Å². The molecule has 0 saturated carbocycles. The number of unbranched alkanes of at least 4 members (excludes halogenated alkanes) is 9. The molecule has 4 heteroatoms. The highest BCUT2D eigenvalue weighted by Crippen LogP contribution is 2.15. The van der Waals surface area contributed by atoms with Gasteiger partial charge in [-0.25, -0.2) is 0 Å². The third kappa shape index (κ3) is 15.6. The second kappa shape index (κ2) is 15.8. The van der Waals surface area contributed by atoms with E-state index in [1.165, 1.54) is 45.4 Å². The van der Waals surface area contributed by atoms with Crippen molar-refractivity contribution in [3.05, 3.63) is 0 Å². The van der Waals surface area contributed by atoms with Crippen LogP contribution in [0.25, 0.3) is 0 Å². The minimum Gasteiger partial charge on any atom is -0.462 e. The zero-order chi connectivity index (χ0) is 17.3. The first-order valence-electron chi connectivity index (χ1n) is 8.99.